The Balaban J connectivity index is 2.13. The van der Waals surface area contributed by atoms with Crippen LogP contribution < -0.4 is 0 Å². The Kier molecular flexibility index (Phi) is 4.06. The molecule has 5 nitrogen and oxygen atoms in total. The normalized spacial score (nSPS) is 18.9. The number of hydrogen-bond acceptors (Lipinski definition) is 4. The van der Waals surface area contributed by atoms with E-state index in [2.05, 4.69) is 4.98 Å². The van der Waals surface area contributed by atoms with Gasteiger partial charge >= 0.3 is 6.09 Å². The van der Waals surface area contributed by atoms with E-state index in [0.29, 0.717) is 18.5 Å². The van der Waals surface area contributed by atoms with Crippen molar-refractivity contribution in [2.24, 2.45) is 0 Å². The summed E-state index contributed by atoms with van der Waals surface area (Å²) >= 11 is 0. The molecule has 1 atom stereocenters. The Morgan fingerprint density at radius 1 is 1.45 bits per heavy atom. The van der Waals surface area contributed by atoms with Crippen LogP contribution in [-0.4, -0.2) is 34.4 Å². The number of carbonyl (C=O) groups is 2. The number of nitrogens with zero attached hydrogens (tertiary/aromatic N) is 2. The van der Waals surface area contributed by atoms with Gasteiger partial charge in [0, 0.05) is 12.7 Å². The summed E-state index contributed by atoms with van der Waals surface area (Å²) in [7, 11) is 0. The molecule has 1 saturated heterocycles. The highest BCUT2D eigenvalue weighted by Crippen LogP contribution is 2.32. The molecule has 1 aromatic rings. The van der Waals surface area contributed by atoms with Crippen molar-refractivity contribution in [2.75, 3.05) is 6.54 Å². The van der Waals surface area contributed by atoms with Crippen LogP contribution in [0.2, 0.25) is 0 Å². The van der Waals surface area contributed by atoms with E-state index in [1.165, 1.54) is 0 Å². The average molecular weight is 276 g/mol. The second-order valence-corrected chi connectivity index (χ2v) is 5.97. The van der Waals surface area contributed by atoms with Crippen molar-refractivity contribution < 1.29 is 14.3 Å². The molecule has 1 unspecified atom stereocenters. The summed E-state index contributed by atoms with van der Waals surface area (Å²) in [5.74, 6) is 0. The van der Waals surface area contributed by atoms with Gasteiger partial charge in [-0.3, -0.25) is 9.78 Å². The minimum Gasteiger partial charge on any atom is -0.444 e. The molecule has 108 valence electrons. The molecule has 0 radical (unpaired) electrons. The van der Waals surface area contributed by atoms with Crippen LogP contribution >= 0.6 is 0 Å². The van der Waals surface area contributed by atoms with Crippen LogP contribution in [0.5, 0.6) is 0 Å². The smallest absolute Gasteiger partial charge is 0.410 e. The van der Waals surface area contributed by atoms with Crippen molar-refractivity contribution in [3.63, 3.8) is 0 Å². The van der Waals surface area contributed by atoms with E-state index in [4.69, 9.17) is 4.74 Å². The lowest BCUT2D eigenvalue weighted by molar-refractivity contribution is 0.0224. The SMILES string of the molecule is CC(C)(C)OC(=O)N1CCCC1c1ccc(C=O)nc1. The van der Waals surface area contributed by atoms with Crippen LogP contribution in [0.15, 0.2) is 18.3 Å². The first-order valence-corrected chi connectivity index (χ1v) is 6.81. The lowest BCUT2D eigenvalue weighted by Crippen LogP contribution is -2.36. The minimum absolute atomic E-state index is 0.0157. The second kappa shape index (κ2) is 5.61. The van der Waals surface area contributed by atoms with Crippen LogP contribution in [0, 0.1) is 0 Å². The van der Waals surface area contributed by atoms with E-state index in [-0.39, 0.29) is 12.1 Å². The number of amides is 1. The molecule has 20 heavy (non-hydrogen) atoms. The fourth-order valence-electron chi connectivity index (χ4n) is 2.34. The summed E-state index contributed by atoms with van der Waals surface area (Å²) in [6, 6.07) is 3.51. The molecule has 0 spiro atoms. The van der Waals surface area contributed by atoms with Gasteiger partial charge in [0.2, 0.25) is 0 Å². The molecule has 2 heterocycles. The molecule has 2 rings (SSSR count). The summed E-state index contributed by atoms with van der Waals surface area (Å²) in [5, 5.41) is 0. The number of aromatic nitrogens is 1. The summed E-state index contributed by atoms with van der Waals surface area (Å²) in [6.07, 6.45) is 3.92. The summed E-state index contributed by atoms with van der Waals surface area (Å²) in [4.78, 5) is 28.6. The average Bonchev–Trinajstić information content (AvgIpc) is 2.86. The number of aldehydes is 1. The summed E-state index contributed by atoms with van der Waals surface area (Å²) in [6.45, 7) is 6.26. The third-order valence-electron chi connectivity index (χ3n) is 3.20. The number of hydrogen-bond donors (Lipinski definition) is 0. The van der Waals surface area contributed by atoms with Gasteiger partial charge in [-0.05, 0) is 45.2 Å². The van der Waals surface area contributed by atoms with Gasteiger partial charge in [0.1, 0.15) is 11.3 Å². The molecule has 1 amide bonds. The van der Waals surface area contributed by atoms with Gasteiger partial charge in [0.15, 0.2) is 6.29 Å². The molecular formula is C15H20N2O3. The molecule has 0 aromatic carbocycles. The molecule has 1 aromatic heterocycles. The Morgan fingerprint density at radius 3 is 2.75 bits per heavy atom. The quantitative estimate of drug-likeness (QED) is 0.779. The Bertz CT molecular complexity index is 491. The highest BCUT2D eigenvalue weighted by molar-refractivity contribution is 5.72. The summed E-state index contributed by atoms with van der Waals surface area (Å²) in [5.41, 5.74) is 0.846. The zero-order valence-corrected chi connectivity index (χ0v) is 12.1. The van der Waals surface area contributed by atoms with Crippen LogP contribution in [-0.2, 0) is 4.74 Å². The van der Waals surface area contributed by atoms with Crippen molar-refractivity contribution in [2.45, 2.75) is 45.3 Å². The van der Waals surface area contributed by atoms with E-state index < -0.39 is 5.60 Å². The van der Waals surface area contributed by atoms with Crippen molar-refractivity contribution >= 4 is 12.4 Å². The lowest BCUT2D eigenvalue weighted by atomic mass is 10.1. The molecule has 0 saturated carbocycles. The summed E-state index contributed by atoms with van der Waals surface area (Å²) < 4.78 is 5.43. The van der Waals surface area contributed by atoms with Gasteiger partial charge in [-0.15, -0.1) is 0 Å². The molecule has 1 fully saturated rings. The van der Waals surface area contributed by atoms with Crippen molar-refractivity contribution in [1.29, 1.82) is 0 Å². The van der Waals surface area contributed by atoms with Gasteiger partial charge < -0.3 is 9.64 Å². The van der Waals surface area contributed by atoms with Crippen molar-refractivity contribution in [1.82, 2.24) is 9.88 Å². The predicted octanol–water partition coefficient (Wildman–Crippen LogP) is 2.97. The highest BCUT2D eigenvalue weighted by atomic mass is 16.6. The first-order chi connectivity index (χ1) is 9.40. The molecule has 1 aliphatic heterocycles. The first kappa shape index (κ1) is 14.5. The molecule has 0 bridgehead atoms. The highest BCUT2D eigenvalue weighted by Gasteiger charge is 2.33. The molecule has 0 N–H and O–H groups in total. The number of carbonyl (C=O) groups excluding carboxylic acids is 2. The Labute approximate surface area is 118 Å². The Hall–Kier alpha value is -1.91. The maximum Gasteiger partial charge on any atom is 0.410 e. The number of likely N-dealkylation sites (tertiary alicyclic amines) is 1. The fraction of sp³-hybridized carbons (Fsp3) is 0.533. The predicted molar refractivity (Wildman–Crippen MR) is 74.5 cm³/mol. The third kappa shape index (κ3) is 3.35. The van der Waals surface area contributed by atoms with E-state index in [1.54, 1.807) is 17.2 Å². The van der Waals surface area contributed by atoms with E-state index in [1.807, 2.05) is 26.8 Å². The minimum atomic E-state index is -0.496. The molecule has 0 aliphatic carbocycles. The van der Waals surface area contributed by atoms with Gasteiger partial charge in [0.25, 0.3) is 0 Å². The zero-order valence-electron chi connectivity index (χ0n) is 12.1. The van der Waals surface area contributed by atoms with Crippen LogP contribution in [0.4, 0.5) is 4.79 Å². The number of ether oxygens (including phenoxy) is 1. The largest absolute Gasteiger partial charge is 0.444 e. The molecule has 1 aliphatic rings. The third-order valence-corrected chi connectivity index (χ3v) is 3.20. The first-order valence-electron chi connectivity index (χ1n) is 6.81. The number of pyridine rings is 1. The molecule has 5 heteroatoms. The monoisotopic (exact) mass is 276 g/mol. The molecular weight excluding hydrogens is 256 g/mol. The van der Waals surface area contributed by atoms with Gasteiger partial charge in [-0.25, -0.2) is 4.79 Å². The van der Waals surface area contributed by atoms with Crippen LogP contribution in [0.25, 0.3) is 0 Å². The van der Waals surface area contributed by atoms with Crippen LogP contribution in [0.1, 0.15) is 55.7 Å². The van der Waals surface area contributed by atoms with Gasteiger partial charge in [0.05, 0.1) is 6.04 Å². The van der Waals surface area contributed by atoms with E-state index >= 15 is 0 Å². The fourth-order valence-corrected chi connectivity index (χ4v) is 2.34. The topological polar surface area (TPSA) is 59.5 Å². The van der Waals surface area contributed by atoms with E-state index in [0.717, 1.165) is 18.4 Å². The number of rotatable bonds is 2. The lowest BCUT2D eigenvalue weighted by Gasteiger charge is -2.28. The Morgan fingerprint density at radius 2 is 2.20 bits per heavy atom. The maximum atomic E-state index is 12.2. The van der Waals surface area contributed by atoms with Crippen LogP contribution in [0.3, 0.4) is 0 Å². The zero-order chi connectivity index (χ0) is 14.8. The standard InChI is InChI=1S/C15H20N2O3/c1-15(2,3)20-14(19)17-8-4-5-13(17)11-6-7-12(10-18)16-9-11/h6-7,9-10,13H,4-5,8H2,1-3H3. The maximum absolute atomic E-state index is 12.2. The van der Waals surface area contributed by atoms with E-state index in [9.17, 15) is 9.59 Å². The van der Waals surface area contributed by atoms with Crippen molar-refractivity contribution in [3.8, 4) is 0 Å². The van der Waals surface area contributed by atoms with Crippen molar-refractivity contribution in [3.05, 3.63) is 29.6 Å². The second-order valence-electron chi connectivity index (χ2n) is 5.97. The van der Waals surface area contributed by atoms with Gasteiger partial charge in [-0.2, -0.15) is 0 Å². The van der Waals surface area contributed by atoms with Gasteiger partial charge in [-0.1, -0.05) is 6.07 Å².